The summed E-state index contributed by atoms with van der Waals surface area (Å²) in [4.78, 5) is 0. The van der Waals surface area contributed by atoms with Crippen molar-refractivity contribution in [2.75, 3.05) is 0 Å². The van der Waals surface area contributed by atoms with E-state index in [9.17, 15) is 4.21 Å². The van der Waals surface area contributed by atoms with E-state index in [4.69, 9.17) is 23.2 Å². The van der Waals surface area contributed by atoms with Crippen molar-refractivity contribution in [1.82, 2.24) is 5.32 Å². The summed E-state index contributed by atoms with van der Waals surface area (Å²) in [5, 5.41) is 4.22. The minimum Gasteiger partial charge on any atom is -0.323 e. The quantitative estimate of drug-likeness (QED) is 0.913. The smallest absolute Gasteiger partial charge is 0.269 e. The average molecular weight is 338 g/mol. The van der Waals surface area contributed by atoms with Gasteiger partial charge in [-0.1, -0.05) is 47.5 Å². The van der Waals surface area contributed by atoms with Crippen molar-refractivity contribution in [2.45, 2.75) is 0 Å². The Balaban J connectivity index is 1.96. The van der Waals surface area contributed by atoms with Gasteiger partial charge >= 0.3 is 0 Å². The summed E-state index contributed by atoms with van der Waals surface area (Å²) < 4.78 is 19.8. The van der Waals surface area contributed by atoms with Crippen LogP contribution in [0.2, 0.25) is 10.0 Å². The molecule has 0 radical (unpaired) electrons. The third-order valence-electron chi connectivity index (χ3n) is 2.77. The van der Waals surface area contributed by atoms with Crippen LogP contribution in [0.4, 0.5) is 0 Å². The first kappa shape index (κ1) is 14.3. The molecule has 7 heteroatoms. The number of nitrogens with zero attached hydrogens (tertiary/aromatic N) is 2. The Hall–Kier alpha value is -1.69. The highest BCUT2D eigenvalue weighted by atomic mass is 35.5. The minimum absolute atomic E-state index is 0.459. The fraction of sp³-hybridized carbons (Fsp3) is 0. The summed E-state index contributed by atoms with van der Waals surface area (Å²) in [6.07, 6.45) is 0. The maximum absolute atomic E-state index is 11.8. The predicted octanol–water partition coefficient (Wildman–Crippen LogP) is 3.37. The van der Waals surface area contributed by atoms with E-state index in [1.807, 2.05) is 12.1 Å². The van der Waals surface area contributed by atoms with Crippen molar-refractivity contribution in [2.24, 2.45) is 8.80 Å². The molecule has 2 aromatic rings. The van der Waals surface area contributed by atoms with Crippen LogP contribution >= 0.6 is 23.2 Å². The molecule has 0 saturated carbocycles. The summed E-state index contributed by atoms with van der Waals surface area (Å²) in [5.41, 5.74) is 1.48. The lowest BCUT2D eigenvalue weighted by Crippen LogP contribution is -2.35. The monoisotopic (exact) mass is 337 g/mol. The fourth-order valence-corrected chi connectivity index (χ4v) is 2.89. The van der Waals surface area contributed by atoms with Crippen LogP contribution in [0.15, 0.2) is 57.3 Å². The Kier molecular flexibility index (Phi) is 4.05. The van der Waals surface area contributed by atoms with Crippen molar-refractivity contribution < 1.29 is 4.21 Å². The first-order valence-corrected chi connectivity index (χ1v) is 7.82. The Labute approximate surface area is 134 Å². The van der Waals surface area contributed by atoms with Crippen LogP contribution in [0, 0.1) is 0 Å². The summed E-state index contributed by atoms with van der Waals surface area (Å²) in [6.45, 7) is 0. The number of rotatable bonds is 2. The number of amidine groups is 2. The van der Waals surface area contributed by atoms with Gasteiger partial charge in [-0.15, -0.1) is 8.80 Å². The largest absolute Gasteiger partial charge is 0.323 e. The molecule has 1 aliphatic rings. The van der Waals surface area contributed by atoms with E-state index in [2.05, 4.69) is 14.1 Å². The first-order chi connectivity index (χ1) is 10.1. The molecule has 21 heavy (non-hydrogen) atoms. The molecule has 0 amide bonds. The van der Waals surface area contributed by atoms with Gasteiger partial charge in [0.25, 0.3) is 11.2 Å². The van der Waals surface area contributed by atoms with Crippen LogP contribution in [0.5, 0.6) is 0 Å². The van der Waals surface area contributed by atoms with Crippen LogP contribution < -0.4 is 5.32 Å². The summed E-state index contributed by atoms with van der Waals surface area (Å²) >= 11 is 10.2. The van der Waals surface area contributed by atoms with Crippen LogP contribution in [-0.4, -0.2) is 15.9 Å². The molecular formula is C14H9Cl2N3OS. The SMILES string of the molecule is O=S1N=C(c2cccc(Cl)c2)NC(c2cccc(Cl)c2)=N1. The Morgan fingerprint density at radius 2 is 1.33 bits per heavy atom. The molecule has 106 valence electrons. The van der Waals surface area contributed by atoms with Crippen LogP contribution in [0.3, 0.4) is 0 Å². The highest BCUT2D eigenvalue weighted by Gasteiger charge is 2.17. The zero-order chi connectivity index (χ0) is 14.8. The summed E-state index contributed by atoms with van der Waals surface area (Å²) in [7, 11) is 0. The topological polar surface area (TPSA) is 53.8 Å². The second-order valence-electron chi connectivity index (χ2n) is 4.26. The normalized spacial score (nSPS) is 15.1. The summed E-state index contributed by atoms with van der Waals surface area (Å²) in [6, 6.07) is 14.3. The van der Waals surface area contributed by atoms with Crippen molar-refractivity contribution in [3.05, 3.63) is 69.7 Å². The zero-order valence-electron chi connectivity index (χ0n) is 10.6. The molecule has 0 aromatic heterocycles. The molecule has 0 spiro atoms. The van der Waals surface area contributed by atoms with Crippen LogP contribution in [-0.2, 0) is 11.2 Å². The van der Waals surface area contributed by atoms with Gasteiger partial charge in [-0.05, 0) is 24.3 Å². The molecule has 0 fully saturated rings. The van der Waals surface area contributed by atoms with Gasteiger partial charge in [0.1, 0.15) is 0 Å². The Bertz CT molecular complexity index is 726. The summed E-state index contributed by atoms with van der Waals surface area (Å²) in [5.74, 6) is 0.918. The van der Waals surface area contributed by atoms with Gasteiger partial charge in [0.15, 0.2) is 11.7 Å². The highest BCUT2D eigenvalue weighted by molar-refractivity contribution is 7.82. The van der Waals surface area contributed by atoms with Crippen molar-refractivity contribution in [3.63, 3.8) is 0 Å². The van der Waals surface area contributed by atoms with Crippen LogP contribution in [0.25, 0.3) is 0 Å². The lowest BCUT2D eigenvalue weighted by Gasteiger charge is -2.15. The Morgan fingerprint density at radius 1 is 0.857 bits per heavy atom. The van der Waals surface area contributed by atoms with Crippen molar-refractivity contribution in [3.8, 4) is 0 Å². The number of hydrogen-bond donors (Lipinski definition) is 1. The average Bonchev–Trinajstić information content (AvgIpc) is 2.46. The maximum Gasteiger partial charge on any atom is 0.269 e. The van der Waals surface area contributed by atoms with E-state index < -0.39 is 11.2 Å². The van der Waals surface area contributed by atoms with Crippen molar-refractivity contribution in [1.29, 1.82) is 0 Å². The molecule has 1 N–H and O–H groups in total. The van der Waals surface area contributed by atoms with E-state index in [1.165, 1.54) is 0 Å². The standard InChI is InChI=1S/C14H9Cl2N3OS/c15-11-5-1-3-9(7-11)13-17-14(19-21(20)18-13)10-4-2-6-12(16)8-10/h1-8H,(H,17,18,19). The Morgan fingerprint density at radius 3 is 1.76 bits per heavy atom. The van der Waals surface area contributed by atoms with Gasteiger partial charge in [-0.3, -0.25) is 0 Å². The van der Waals surface area contributed by atoms with E-state index >= 15 is 0 Å². The molecule has 0 saturated heterocycles. The molecule has 4 nitrogen and oxygen atoms in total. The molecule has 1 heterocycles. The van der Waals surface area contributed by atoms with Gasteiger partial charge in [0.05, 0.1) is 0 Å². The second-order valence-corrected chi connectivity index (χ2v) is 5.96. The van der Waals surface area contributed by atoms with E-state index in [0.717, 1.165) is 11.1 Å². The predicted molar refractivity (Wildman–Crippen MR) is 87.3 cm³/mol. The third-order valence-corrected chi connectivity index (χ3v) is 3.92. The molecule has 3 rings (SSSR count). The second kappa shape index (κ2) is 5.97. The number of nitrogens with one attached hydrogen (secondary N) is 1. The maximum atomic E-state index is 11.8. The number of halogens is 2. The lowest BCUT2D eigenvalue weighted by molar-refractivity contribution is 0.685. The van der Waals surface area contributed by atoms with E-state index in [0.29, 0.717) is 21.7 Å². The van der Waals surface area contributed by atoms with Gasteiger partial charge in [0.2, 0.25) is 0 Å². The minimum atomic E-state index is -1.69. The molecular weight excluding hydrogens is 329 g/mol. The molecule has 2 aromatic carbocycles. The lowest BCUT2D eigenvalue weighted by atomic mass is 10.1. The van der Waals surface area contributed by atoms with Gasteiger partial charge in [-0.25, -0.2) is 4.21 Å². The molecule has 0 unspecified atom stereocenters. The molecule has 0 bridgehead atoms. The van der Waals surface area contributed by atoms with E-state index in [-0.39, 0.29) is 0 Å². The van der Waals surface area contributed by atoms with E-state index in [1.54, 1.807) is 36.4 Å². The fourth-order valence-electron chi connectivity index (χ4n) is 1.86. The van der Waals surface area contributed by atoms with Gasteiger partial charge in [0, 0.05) is 21.2 Å². The highest BCUT2D eigenvalue weighted by Crippen LogP contribution is 2.16. The molecule has 0 aliphatic carbocycles. The van der Waals surface area contributed by atoms with Gasteiger partial charge < -0.3 is 5.32 Å². The molecule has 1 aliphatic heterocycles. The zero-order valence-corrected chi connectivity index (χ0v) is 12.9. The first-order valence-electron chi connectivity index (χ1n) is 6.00. The number of benzene rings is 2. The third kappa shape index (κ3) is 3.32. The van der Waals surface area contributed by atoms with Crippen LogP contribution in [0.1, 0.15) is 11.1 Å². The number of hydrogen-bond acceptors (Lipinski definition) is 2. The van der Waals surface area contributed by atoms with Crippen molar-refractivity contribution >= 4 is 46.0 Å². The molecule has 0 atom stereocenters. The van der Waals surface area contributed by atoms with Gasteiger partial charge in [-0.2, -0.15) is 0 Å².